The average molecular weight is 284 g/mol. The van der Waals surface area contributed by atoms with Gasteiger partial charge in [-0.2, -0.15) is 0 Å². The minimum Gasteiger partial charge on any atom is -0.384 e. The van der Waals surface area contributed by atoms with E-state index in [9.17, 15) is 4.39 Å². The van der Waals surface area contributed by atoms with Crippen LogP contribution in [0, 0.1) is 12.7 Å². The Labute approximate surface area is 125 Å². The molecule has 0 fully saturated rings. The number of anilines is 1. The molecule has 0 aromatic heterocycles. The third-order valence-corrected chi connectivity index (χ3v) is 4.12. The second-order valence-corrected chi connectivity index (χ2v) is 5.87. The number of para-hydroxylation sites is 1. The van der Waals surface area contributed by atoms with Crippen LogP contribution >= 0.6 is 0 Å². The largest absolute Gasteiger partial charge is 0.384 e. The van der Waals surface area contributed by atoms with Crippen LogP contribution in [0.3, 0.4) is 0 Å². The van der Waals surface area contributed by atoms with Crippen LogP contribution < -0.4 is 5.32 Å². The number of halogens is 1. The van der Waals surface area contributed by atoms with Crippen molar-refractivity contribution in [1.29, 1.82) is 0 Å². The Morgan fingerprint density at radius 3 is 2.76 bits per heavy atom. The molecule has 0 bridgehead atoms. The number of rotatable bonds is 4. The van der Waals surface area contributed by atoms with E-state index in [4.69, 9.17) is 0 Å². The first kappa shape index (κ1) is 14.1. The standard InChI is InChI=1S/C18H21FN2/c1-13-10-17(19)7-6-15(13)11-21(2)12-16-5-3-4-14-8-9-20-18(14)16/h3-7,10,20H,8-9,11-12H2,1-2H3. The van der Waals surface area contributed by atoms with Crippen molar-refractivity contribution in [2.75, 3.05) is 18.9 Å². The molecule has 1 heterocycles. The number of hydrogen-bond donors (Lipinski definition) is 1. The van der Waals surface area contributed by atoms with Gasteiger partial charge in [0.1, 0.15) is 5.82 Å². The molecule has 0 atom stereocenters. The fraction of sp³-hybridized carbons (Fsp3) is 0.333. The van der Waals surface area contributed by atoms with Gasteiger partial charge in [0.15, 0.2) is 0 Å². The zero-order valence-corrected chi connectivity index (χ0v) is 12.6. The molecule has 1 aliphatic heterocycles. The van der Waals surface area contributed by atoms with E-state index in [-0.39, 0.29) is 5.82 Å². The highest BCUT2D eigenvalue weighted by molar-refractivity contribution is 5.61. The Hall–Kier alpha value is -1.87. The Morgan fingerprint density at radius 2 is 1.95 bits per heavy atom. The van der Waals surface area contributed by atoms with E-state index in [1.807, 2.05) is 13.0 Å². The maximum Gasteiger partial charge on any atom is 0.123 e. The molecule has 3 heteroatoms. The Morgan fingerprint density at radius 1 is 1.14 bits per heavy atom. The molecule has 0 spiro atoms. The summed E-state index contributed by atoms with van der Waals surface area (Å²) in [5.41, 5.74) is 6.25. The smallest absolute Gasteiger partial charge is 0.123 e. The predicted octanol–water partition coefficient (Wildman–Crippen LogP) is 3.73. The lowest BCUT2D eigenvalue weighted by atomic mass is 10.1. The molecule has 0 aliphatic carbocycles. The lowest BCUT2D eigenvalue weighted by molar-refractivity contribution is 0.319. The van der Waals surface area contributed by atoms with Gasteiger partial charge in [-0.05, 0) is 54.8 Å². The summed E-state index contributed by atoms with van der Waals surface area (Å²) in [6, 6.07) is 11.5. The zero-order chi connectivity index (χ0) is 14.8. The lowest BCUT2D eigenvalue weighted by Gasteiger charge is -2.20. The van der Waals surface area contributed by atoms with Gasteiger partial charge in [-0.3, -0.25) is 4.90 Å². The van der Waals surface area contributed by atoms with Crippen LogP contribution in [0.2, 0.25) is 0 Å². The SMILES string of the molecule is Cc1cc(F)ccc1CN(C)Cc1cccc2c1NCC2. The van der Waals surface area contributed by atoms with Crippen molar-refractivity contribution < 1.29 is 4.39 Å². The number of fused-ring (bicyclic) bond motifs is 1. The summed E-state index contributed by atoms with van der Waals surface area (Å²) in [4.78, 5) is 2.27. The van der Waals surface area contributed by atoms with Gasteiger partial charge in [0.2, 0.25) is 0 Å². The minimum atomic E-state index is -0.163. The van der Waals surface area contributed by atoms with E-state index < -0.39 is 0 Å². The van der Waals surface area contributed by atoms with Crippen molar-refractivity contribution in [3.05, 3.63) is 64.5 Å². The molecule has 2 aromatic carbocycles. The molecule has 21 heavy (non-hydrogen) atoms. The summed E-state index contributed by atoms with van der Waals surface area (Å²) >= 11 is 0. The fourth-order valence-corrected chi connectivity index (χ4v) is 3.02. The third-order valence-electron chi connectivity index (χ3n) is 4.12. The predicted molar refractivity (Wildman–Crippen MR) is 84.9 cm³/mol. The average Bonchev–Trinajstić information content (AvgIpc) is 2.91. The molecule has 3 rings (SSSR count). The topological polar surface area (TPSA) is 15.3 Å². The Bertz CT molecular complexity index is 652. The molecule has 2 nitrogen and oxygen atoms in total. The molecule has 110 valence electrons. The van der Waals surface area contributed by atoms with Gasteiger partial charge in [0.05, 0.1) is 0 Å². The number of nitrogens with one attached hydrogen (secondary N) is 1. The molecular weight excluding hydrogens is 263 g/mol. The van der Waals surface area contributed by atoms with Crippen LogP contribution in [0.15, 0.2) is 36.4 Å². The molecule has 1 N–H and O–H groups in total. The zero-order valence-electron chi connectivity index (χ0n) is 12.6. The molecule has 0 unspecified atom stereocenters. The van der Waals surface area contributed by atoms with Gasteiger partial charge in [-0.25, -0.2) is 4.39 Å². The minimum absolute atomic E-state index is 0.163. The molecule has 0 radical (unpaired) electrons. The molecule has 2 aromatic rings. The molecule has 0 amide bonds. The van der Waals surface area contributed by atoms with Gasteiger partial charge in [0.25, 0.3) is 0 Å². The lowest BCUT2D eigenvalue weighted by Crippen LogP contribution is -2.18. The first-order valence-electron chi connectivity index (χ1n) is 7.41. The second kappa shape index (κ2) is 5.86. The fourth-order valence-electron chi connectivity index (χ4n) is 3.02. The van der Waals surface area contributed by atoms with E-state index in [1.165, 1.54) is 28.4 Å². The molecule has 1 aliphatic rings. The summed E-state index contributed by atoms with van der Waals surface area (Å²) in [6.45, 7) is 4.73. The Kier molecular flexibility index (Phi) is 3.93. The number of benzene rings is 2. The van der Waals surface area contributed by atoms with Crippen molar-refractivity contribution in [2.45, 2.75) is 26.4 Å². The van der Waals surface area contributed by atoms with Crippen molar-refractivity contribution in [1.82, 2.24) is 4.90 Å². The van der Waals surface area contributed by atoms with Crippen LogP contribution in [0.5, 0.6) is 0 Å². The van der Waals surface area contributed by atoms with E-state index in [0.717, 1.165) is 31.6 Å². The van der Waals surface area contributed by atoms with Gasteiger partial charge in [-0.1, -0.05) is 24.3 Å². The van der Waals surface area contributed by atoms with E-state index in [0.29, 0.717) is 0 Å². The summed E-state index contributed by atoms with van der Waals surface area (Å²) in [7, 11) is 2.11. The van der Waals surface area contributed by atoms with E-state index in [2.05, 4.69) is 35.5 Å². The number of nitrogens with zero attached hydrogens (tertiary/aromatic N) is 1. The first-order chi connectivity index (χ1) is 10.1. The maximum atomic E-state index is 13.2. The van der Waals surface area contributed by atoms with Crippen molar-refractivity contribution in [3.63, 3.8) is 0 Å². The van der Waals surface area contributed by atoms with Crippen LogP contribution in [0.4, 0.5) is 10.1 Å². The Balaban J connectivity index is 1.72. The summed E-state index contributed by atoms with van der Waals surface area (Å²) in [5.74, 6) is -0.163. The van der Waals surface area contributed by atoms with E-state index >= 15 is 0 Å². The second-order valence-electron chi connectivity index (χ2n) is 5.87. The molecular formula is C18H21FN2. The van der Waals surface area contributed by atoms with Gasteiger partial charge in [0, 0.05) is 25.3 Å². The highest BCUT2D eigenvalue weighted by Gasteiger charge is 2.15. The maximum absolute atomic E-state index is 13.2. The highest BCUT2D eigenvalue weighted by atomic mass is 19.1. The third kappa shape index (κ3) is 3.08. The van der Waals surface area contributed by atoms with Crippen molar-refractivity contribution >= 4 is 5.69 Å². The summed E-state index contributed by atoms with van der Waals surface area (Å²) in [5, 5.41) is 3.48. The van der Waals surface area contributed by atoms with Gasteiger partial charge < -0.3 is 5.32 Å². The van der Waals surface area contributed by atoms with Crippen molar-refractivity contribution in [3.8, 4) is 0 Å². The van der Waals surface area contributed by atoms with Crippen LogP contribution in [0.25, 0.3) is 0 Å². The molecule has 0 saturated carbocycles. The number of hydrogen-bond acceptors (Lipinski definition) is 2. The number of aryl methyl sites for hydroxylation is 1. The normalized spacial score (nSPS) is 13.3. The van der Waals surface area contributed by atoms with Crippen LogP contribution in [0.1, 0.15) is 22.3 Å². The highest BCUT2D eigenvalue weighted by Crippen LogP contribution is 2.27. The monoisotopic (exact) mass is 284 g/mol. The van der Waals surface area contributed by atoms with Gasteiger partial charge >= 0.3 is 0 Å². The van der Waals surface area contributed by atoms with Crippen molar-refractivity contribution in [2.24, 2.45) is 0 Å². The summed E-state index contributed by atoms with van der Waals surface area (Å²) < 4.78 is 13.2. The van der Waals surface area contributed by atoms with Crippen LogP contribution in [-0.4, -0.2) is 18.5 Å². The van der Waals surface area contributed by atoms with Crippen LogP contribution in [-0.2, 0) is 19.5 Å². The van der Waals surface area contributed by atoms with Gasteiger partial charge in [-0.15, -0.1) is 0 Å². The van der Waals surface area contributed by atoms with E-state index in [1.54, 1.807) is 6.07 Å². The molecule has 0 saturated heterocycles. The summed E-state index contributed by atoms with van der Waals surface area (Å²) in [6.07, 6.45) is 1.12. The first-order valence-corrected chi connectivity index (χ1v) is 7.41. The quantitative estimate of drug-likeness (QED) is 0.920.